The minimum absolute atomic E-state index is 0.00447. The van der Waals surface area contributed by atoms with Crippen LogP contribution >= 0.6 is 0 Å². The third-order valence-corrected chi connectivity index (χ3v) is 2.36. The van der Waals surface area contributed by atoms with Gasteiger partial charge in [0.1, 0.15) is 11.3 Å². The highest BCUT2D eigenvalue weighted by Crippen LogP contribution is 2.30. The Balaban J connectivity index is 3.52. The van der Waals surface area contributed by atoms with Crippen molar-refractivity contribution in [3.8, 4) is 5.75 Å². The molecule has 1 aromatic rings. The summed E-state index contributed by atoms with van der Waals surface area (Å²) >= 11 is 0. The second kappa shape index (κ2) is 3.96. The molecular weight excluding hydrogens is 208 g/mol. The smallest absolute Gasteiger partial charge is 0.339 e. The van der Waals surface area contributed by atoms with Crippen molar-refractivity contribution >= 4 is 12.3 Å². The lowest BCUT2D eigenvalue weighted by Crippen LogP contribution is -2.13. The van der Waals surface area contributed by atoms with E-state index >= 15 is 0 Å². The second-order valence-electron chi connectivity index (χ2n) is 4.63. The average molecular weight is 222 g/mol. The molecule has 0 amide bonds. The number of carbonyl (C=O) groups excluding carboxylic acids is 1. The predicted molar refractivity (Wildman–Crippen MR) is 59.2 cm³/mol. The van der Waals surface area contributed by atoms with Crippen LogP contribution in [0, 0.1) is 0 Å². The summed E-state index contributed by atoms with van der Waals surface area (Å²) in [5.74, 6) is -1.72. The Kier molecular flexibility index (Phi) is 3.03. The lowest BCUT2D eigenvalue weighted by molar-refractivity contribution is 0.0693. The maximum atomic E-state index is 10.9. The number of hydrogen-bond donors (Lipinski definition) is 2. The molecule has 0 radical (unpaired) electrons. The molecule has 0 aliphatic rings. The lowest BCUT2D eigenvalue weighted by atomic mass is 9.85. The quantitative estimate of drug-likeness (QED) is 0.752. The van der Waals surface area contributed by atoms with Gasteiger partial charge < -0.3 is 10.2 Å². The molecule has 0 atom stereocenters. The number of carboxylic acid groups (broad SMARTS) is 1. The molecule has 0 bridgehead atoms. The fourth-order valence-corrected chi connectivity index (χ4v) is 1.34. The average Bonchev–Trinajstić information content (AvgIpc) is 2.15. The van der Waals surface area contributed by atoms with Gasteiger partial charge in [-0.05, 0) is 23.1 Å². The highest BCUT2D eigenvalue weighted by Gasteiger charge is 2.21. The van der Waals surface area contributed by atoms with E-state index in [1.54, 1.807) is 0 Å². The van der Waals surface area contributed by atoms with Crippen molar-refractivity contribution in [2.45, 2.75) is 26.2 Å². The van der Waals surface area contributed by atoms with Crippen molar-refractivity contribution in [3.63, 3.8) is 0 Å². The third-order valence-electron chi connectivity index (χ3n) is 2.36. The molecule has 0 aliphatic carbocycles. The van der Waals surface area contributed by atoms with E-state index in [-0.39, 0.29) is 16.5 Å². The summed E-state index contributed by atoms with van der Waals surface area (Å²) < 4.78 is 0. The Morgan fingerprint density at radius 1 is 1.31 bits per heavy atom. The lowest BCUT2D eigenvalue weighted by Gasteiger charge is -2.20. The topological polar surface area (TPSA) is 74.6 Å². The van der Waals surface area contributed by atoms with Crippen LogP contribution < -0.4 is 0 Å². The van der Waals surface area contributed by atoms with Crippen LogP contribution in [-0.2, 0) is 5.41 Å². The van der Waals surface area contributed by atoms with Crippen molar-refractivity contribution in [2.24, 2.45) is 0 Å². The first-order valence-corrected chi connectivity index (χ1v) is 4.83. The van der Waals surface area contributed by atoms with Crippen LogP contribution in [0.4, 0.5) is 0 Å². The number of aromatic carboxylic acids is 1. The number of carbonyl (C=O) groups is 2. The summed E-state index contributed by atoms with van der Waals surface area (Å²) in [6.45, 7) is 5.71. The van der Waals surface area contributed by atoms with E-state index in [9.17, 15) is 14.7 Å². The van der Waals surface area contributed by atoms with Crippen LogP contribution in [0.1, 0.15) is 47.1 Å². The van der Waals surface area contributed by atoms with Gasteiger partial charge in [0.25, 0.3) is 0 Å². The van der Waals surface area contributed by atoms with Gasteiger partial charge in [0.05, 0.1) is 5.56 Å². The molecule has 0 fully saturated rings. The number of rotatable bonds is 2. The van der Waals surface area contributed by atoms with Gasteiger partial charge in [-0.25, -0.2) is 4.79 Å². The van der Waals surface area contributed by atoms with E-state index in [4.69, 9.17) is 5.11 Å². The molecule has 0 unspecified atom stereocenters. The Labute approximate surface area is 93.5 Å². The highest BCUT2D eigenvalue weighted by molar-refractivity contribution is 5.95. The van der Waals surface area contributed by atoms with E-state index in [1.165, 1.54) is 12.1 Å². The number of benzene rings is 1. The molecule has 2 N–H and O–H groups in total. The van der Waals surface area contributed by atoms with E-state index in [0.29, 0.717) is 11.8 Å². The zero-order valence-corrected chi connectivity index (χ0v) is 9.44. The molecule has 4 heteroatoms. The Morgan fingerprint density at radius 2 is 1.88 bits per heavy atom. The van der Waals surface area contributed by atoms with Crippen molar-refractivity contribution < 1.29 is 19.8 Å². The van der Waals surface area contributed by atoms with Gasteiger partial charge in [-0.15, -0.1) is 0 Å². The zero-order valence-electron chi connectivity index (χ0n) is 9.44. The van der Waals surface area contributed by atoms with Crippen LogP contribution in [0.2, 0.25) is 0 Å². The maximum Gasteiger partial charge on any atom is 0.339 e. The monoisotopic (exact) mass is 222 g/mol. The maximum absolute atomic E-state index is 10.9. The van der Waals surface area contributed by atoms with E-state index < -0.39 is 11.7 Å². The predicted octanol–water partition coefficient (Wildman–Crippen LogP) is 2.20. The van der Waals surface area contributed by atoms with Crippen LogP contribution in [-0.4, -0.2) is 22.5 Å². The van der Waals surface area contributed by atoms with Gasteiger partial charge in [-0.2, -0.15) is 0 Å². The zero-order chi connectivity index (χ0) is 12.5. The van der Waals surface area contributed by atoms with Gasteiger partial charge in [0, 0.05) is 0 Å². The Morgan fingerprint density at radius 3 is 2.25 bits per heavy atom. The molecule has 1 aromatic carbocycles. The molecule has 0 saturated heterocycles. The minimum Gasteiger partial charge on any atom is -0.506 e. The molecule has 0 saturated carbocycles. The molecule has 0 aromatic heterocycles. The molecule has 1 rings (SSSR count). The van der Waals surface area contributed by atoms with E-state index in [1.807, 2.05) is 20.8 Å². The number of hydrogen-bond acceptors (Lipinski definition) is 3. The highest BCUT2D eigenvalue weighted by atomic mass is 16.4. The molecule has 16 heavy (non-hydrogen) atoms. The summed E-state index contributed by atoms with van der Waals surface area (Å²) in [4.78, 5) is 21.6. The SMILES string of the molecule is CC(C)(C)c1cc(C=O)c(O)c(C(=O)O)c1. The molecule has 0 aliphatic heterocycles. The van der Waals surface area contributed by atoms with Crippen LogP contribution in [0.25, 0.3) is 0 Å². The van der Waals surface area contributed by atoms with Gasteiger partial charge in [0.15, 0.2) is 6.29 Å². The van der Waals surface area contributed by atoms with Crippen LogP contribution in [0.5, 0.6) is 5.75 Å². The van der Waals surface area contributed by atoms with Crippen molar-refractivity contribution in [2.75, 3.05) is 0 Å². The van der Waals surface area contributed by atoms with Crippen LogP contribution in [0.15, 0.2) is 12.1 Å². The van der Waals surface area contributed by atoms with Gasteiger partial charge in [-0.3, -0.25) is 4.79 Å². The van der Waals surface area contributed by atoms with Gasteiger partial charge in [-0.1, -0.05) is 20.8 Å². The number of phenols is 1. The summed E-state index contributed by atoms with van der Waals surface area (Å²) in [5.41, 5.74) is 0.180. The number of aromatic hydroxyl groups is 1. The standard InChI is InChI=1S/C12H14O4/c1-12(2,3)8-4-7(6-13)10(14)9(5-8)11(15)16/h4-6,14H,1-3H3,(H,15,16). The van der Waals surface area contributed by atoms with E-state index in [0.717, 1.165) is 0 Å². The Hall–Kier alpha value is -1.84. The number of aldehydes is 1. The first-order chi connectivity index (χ1) is 7.27. The number of carboxylic acids is 1. The molecule has 0 heterocycles. The summed E-state index contributed by atoms with van der Waals surface area (Å²) in [7, 11) is 0. The van der Waals surface area contributed by atoms with Crippen molar-refractivity contribution in [3.05, 3.63) is 28.8 Å². The first kappa shape index (κ1) is 12.2. The summed E-state index contributed by atoms with van der Waals surface area (Å²) in [6.07, 6.45) is 0.455. The normalized spacial score (nSPS) is 11.2. The van der Waals surface area contributed by atoms with Crippen molar-refractivity contribution in [1.29, 1.82) is 0 Å². The Bertz CT molecular complexity index is 441. The van der Waals surface area contributed by atoms with Crippen LogP contribution in [0.3, 0.4) is 0 Å². The summed E-state index contributed by atoms with van der Waals surface area (Å²) in [6, 6.07) is 2.90. The van der Waals surface area contributed by atoms with E-state index in [2.05, 4.69) is 0 Å². The fourth-order valence-electron chi connectivity index (χ4n) is 1.34. The minimum atomic E-state index is -1.24. The molecular formula is C12H14O4. The summed E-state index contributed by atoms with van der Waals surface area (Å²) in [5, 5.41) is 18.4. The molecule has 4 nitrogen and oxygen atoms in total. The molecule has 86 valence electrons. The fraction of sp³-hybridized carbons (Fsp3) is 0.333. The molecule has 0 spiro atoms. The second-order valence-corrected chi connectivity index (χ2v) is 4.63. The third kappa shape index (κ3) is 2.21. The first-order valence-electron chi connectivity index (χ1n) is 4.83. The van der Waals surface area contributed by atoms with Gasteiger partial charge >= 0.3 is 5.97 Å². The van der Waals surface area contributed by atoms with Gasteiger partial charge in [0.2, 0.25) is 0 Å². The largest absolute Gasteiger partial charge is 0.506 e. The van der Waals surface area contributed by atoms with Crippen molar-refractivity contribution in [1.82, 2.24) is 0 Å².